The van der Waals surface area contributed by atoms with Crippen molar-refractivity contribution in [2.45, 2.75) is 31.7 Å². The van der Waals surface area contributed by atoms with E-state index in [4.69, 9.17) is 5.11 Å². The van der Waals surface area contributed by atoms with Crippen LogP contribution in [0.1, 0.15) is 25.7 Å². The zero-order valence-electron chi connectivity index (χ0n) is 9.32. The van der Waals surface area contributed by atoms with Crippen LogP contribution in [0.4, 0.5) is 0 Å². The minimum Gasteiger partial charge on any atom is -0.481 e. The van der Waals surface area contributed by atoms with Gasteiger partial charge in [-0.25, -0.2) is 0 Å². The van der Waals surface area contributed by atoms with Crippen molar-refractivity contribution >= 4 is 11.9 Å². The molecule has 0 aromatic heterocycles. The van der Waals surface area contributed by atoms with Crippen LogP contribution < -0.4 is 5.32 Å². The summed E-state index contributed by atoms with van der Waals surface area (Å²) in [7, 11) is 0. The summed E-state index contributed by atoms with van der Waals surface area (Å²) in [6, 6.07) is -0.0763. The van der Waals surface area contributed by atoms with Gasteiger partial charge >= 0.3 is 5.97 Å². The number of amides is 1. The molecule has 0 bridgehead atoms. The second kappa shape index (κ2) is 4.82. The van der Waals surface area contributed by atoms with Crippen molar-refractivity contribution in [1.29, 1.82) is 0 Å². The Balaban J connectivity index is 1.93. The van der Waals surface area contributed by atoms with Gasteiger partial charge in [-0.2, -0.15) is 0 Å². The van der Waals surface area contributed by atoms with E-state index in [0.29, 0.717) is 19.5 Å². The van der Waals surface area contributed by atoms with Crippen LogP contribution >= 0.6 is 0 Å². The largest absolute Gasteiger partial charge is 0.481 e. The number of carbonyl (C=O) groups excluding carboxylic acids is 1. The zero-order chi connectivity index (χ0) is 11.5. The summed E-state index contributed by atoms with van der Waals surface area (Å²) in [5, 5.41) is 12.1. The number of nitrogens with one attached hydrogen (secondary N) is 1. The minimum atomic E-state index is -0.781. The fraction of sp³-hybridized carbons (Fsp3) is 0.818. The van der Waals surface area contributed by atoms with Crippen molar-refractivity contribution < 1.29 is 14.7 Å². The second-order valence-electron chi connectivity index (χ2n) is 4.61. The third-order valence-corrected chi connectivity index (χ3v) is 3.44. The molecule has 1 amide bonds. The number of hydrogen-bond acceptors (Lipinski definition) is 3. The quantitative estimate of drug-likeness (QED) is 0.698. The lowest BCUT2D eigenvalue weighted by Crippen LogP contribution is -2.49. The second-order valence-corrected chi connectivity index (χ2v) is 4.61. The molecular formula is C11H18N2O3. The fourth-order valence-corrected chi connectivity index (χ4v) is 2.49. The first kappa shape index (κ1) is 11.4. The van der Waals surface area contributed by atoms with Crippen LogP contribution in [0.5, 0.6) is 0 Å². The van der Waals surface area contributed by atoms with E-state index in [1.54, 1.807) is 4.90 Å². The van der Waals surface area contributed by atoms with Gasteiger partial charge in [-0.3, -0.25) is 9.59 Å². The Kier molecular flexibility index (Phi) is 3.43. The standard InChI is InChI=1S/C11H18N2O3/c14-10(9-4-1-5-12-9)13-6-2-3-8(7-13)11(15)16/h8-9,12H,1-7H2,(H,15,16)/t8-,9-/m1/s1. The molecule has 2 aliphatic heterocycles. The van der Waals surface area contributed by atoms with Gasteiger partial charge in [-0.1, -0.05) is 0 Å². The van der Waals surface area contributed by atoms with Crippen LogP contribution in [0.2, 0.25) is 0 Å². The molecule has 16 heavy (non-hydrogen) atoms. The van der Waals surface area contributed by atoms with Crippen molar-refractivity contribution in [2.75, 3.05) is 19.6 Å². The van der Waals surface area contributed by atoms with Gasteiger partial charge in [0.25, 0.3) is 0 Å². The number of carboxylic acid groups (broad SMARTS) is 1. The first-order chi connectivity index (χ1) is 7.68. The minimum absolute atomic E-state index is 0.0763. The number of carbonyl (C=O) groups is 2. The average molecular weight is 226 g/mol. The summed E-state index contributed by atoms with van der Waals surface area (Å²) >= 11 is 0. The summed E-state index contributed by atoms with van der Waals surface area (Å²) < 4.78 is 0. The molecule has 0 aromatic carbocycles. The summed E-state index contributed by atoms with van der Waals surface area (Å²) in [6.07, 6.45) is 3.41. The van der Waals surface area contributed by atoms with E-state index in [-0.39, 0.29) is 17.9 Å². The lowest BCUT2D eigenvalue weighted by molar-refractivity contribution is -0.146. The maximum atomic E-state index is 12.0. The predicted octanol–water partition coefficient (Wildman–Crippen LogP) is 0.0616. The van der Waals surface area contributed by atoms with E-state index in [1.165, 1.54) is 0 Å². The first-order valence-corrected chi connectivity index (χ1v) is 5.93. The smallest absolute Gasteiger partial charge is 0.308 e. The molecule has 2 rings (SSSR count). The van der Waals surface area contributed by atoms with Crippen LogP contribution in [0.25, 0.3) is 0 Å². The molecule has 0 spiro atoms. The van der Waals surface area contributed by atoms with E-state index in [1.807, 2.05) is 0 Å². The zero-order valence-corrected chi connectivity index (χ0v) is 9.32. The van der Waals surface area contributed by atoms with Gasteiger partial charge < -0.3 is 15.3 Å². The molecule has 90 valence electrons. The van der Waals surface area contributed by atoms with E-state index >= 15 is 0 Å². The van der Waals surface area contributed by atoms with Crippen molar-refractivity contribution in [3.8, 4) is 0 Å². The highest BCUT2D eigenvalue weighted by atomic mass is 16.4. The van der Waals surface area contributed by atoms with Gasteiger partial charge in [0.1, 0.15) is 0 Å². The number of piperidine rings is 1. The van der Waals surface area contributed by atoms with Gasteiger partial charge in [0, 0.05) is 13.1 Å². The summed E-state index contributed by atoms with van der Waals surface area (Å²) in [4.78, 5) is 24.6. The summed E-state index contributed by atoms with van der Waals surface area (Å²) in [5.74, 6) is -1.07. The Morgan fingerprint density at radius 2 is 2.06 bits per heavy atom. The lowest BCUT2D eigenvalue weighted by Gasteiger charge is -2.32. The third kappa shape index (κ3) is 2.35. The monoisotopic (exact) mass is 226 g/mol. The number of carboxylic acids is 1. The Morgan fingerprint density at radius 3 is 2.69 bits per heavy atom. The topological polar surface area (TPSA) is 69.6 Å². The highest BCUT2D eigenvalue weighted by molar-refractivity contribution is 5.83. The molecule has 0 aromatic rings. The molecule has 5 heteroatoms. The molecule has 0 aliphatic carbocycles. The average Bonchev–Trinajstić information content (AvgIpc) is 2.81. The maximum absolute atomic E-state index is 12.0. The molecule has 2 fully saturated rings. The van der Waals surface area contributed by atoms with Crippen molar-refractivity contribution in [3.63, 3.8) is 0 Å². The number of rotatable bonds is 2. The van der Waals surface area contributed by atoms with E-state index in [2.05, 4.69) is 5.32 Å². The molecule has 0 saturated carbocycles. The van der Waals surface area contributed by atoms with Crippen LogP contribution in [-0.2, 0) is 9.59 Å². The van der Waals surface area contributed by atoms with Crippen molar-refractivity contribution in [2.24, 2.45) is 5.92 Å². The van der Waals surface area contributed by atoms with Crippen LogP contribution in [-0.4, -0.2) is 47.6 Å². The Labute approximate surface area is 94.8 Å². The van der Waals surface area contributed by atoms with E-state index < -0.39 is 5.97 Å². The van der Waals surface area contributed by atoms with E-state index in [9.17, 15) is 9.59 Å². The Morgan fingerprint density at radius 1 is 1.25 bits per heavy atom. The highest BCUT2D eigenvalue weighted by Crippen LogP contribution is 2.19. The molecule has 5 nitrogen and oxygen atoms in total. The van der Waals surface area contributed by atoms with Gasteiger partial charge in [-0.05, 0) is 32.2 Å². The summed E-state index contributed by atoms with van der Waals surface area (Å²) in [5.41, 5.74) is 0. The lowest BCUT2D eigenvalue weighted by atomic mass is 9.97. The molecule has 2 saturated heterocycles. The normalized spacial score (nSPS) is 30.4. The highest BCUT2D eigenvalue weighted by Gasteiger charge is 2.32. The first-order valence-electron chi connectivity index (χ1n) is 5.93. The maximum Gasteiger partial charge on any atom is 0.308 e. The number of nitrogens with zero attached hydrogens (tertiary/aromatic N) is 1. The molecule has 0 unspecified atom stereocenters. The van der Waals surface area contributed by atoms with Crippen molar-refractivity contribution in [1.82, 2.24) is 10.2 Å². The van der Waals surface area contributed by atoms with E-state index in [0.717, 1.165) is 25.8 Å². The van der Waals surface area contributed by atoms with Gasteiger partial charge in [-0.15, -0.1) is 0 Å². The van der Waals surface area contributed by atoms with Crippen molar-refractivity contribution in [3.05, 3.63) is 0 Å². The molecular weight excluding hydrogens is 208 g/mol. The molecule has 2 aliphatic rings. The summed E-state index contributed by atoms with van der Waals surface area (Å²) in [6.45, 7) is 1.99. The molecule has 0 radical (unpaired) electrons. The van der Waals surface area contributed by atoms with Crippen LogP contribution in [0, 0.1) is 5.92 Å². The van der Waals surface area contributed by atoms with Crippen LogP contribution in [0.3, 0.4) is 0 Å². The number of hydrogen-bond donors (Lipinski definition) is 2. The number of aliphatic carboxylic acids is 1. The molecule has 2 heterocycles. The SMILES string of the molecule is O=C(O)[C@@H]1CCCN(C(=O)[C@H]2CCCN2)C1. The number of likely N-dealkylation sites (tertiary alicyclic amines) is 1. The van der Waals surface area contributed by atoms with Gasteiger partial charge in [0.15, 0.2) is 0 Å². The molecule has 2 atom stereocenters. The molecule has 2 N–H and O–H groups in total. The predicted molar refractivity (Wildman–Crippen MR) is 58.0 cm³/mol. The fourth-order valence-electron chi connectivity index (χ4n) is 2.49. The Bertz CT molecular complexity index is 287. The Hall–Kier alpha value is -1.10. The third-order valence-electron chi connectivity index (χ3n) is 3.44. The van der Waals surface area contributed by atoms with Crippen LogP contribution in [0.15, 0.2) is 0 Å². The van der Waals surface area contributed by atoms with Gasteiger partial charge in [0.05, 0.1) is 12.0 Å². The van der Waals surface area contributed by atoms with Gasteiger partial charge in [0.2, 0.25) is 5.91 Å².